The zero-order valence-corrected chi connectivity index (χ0v) is 6.99. The number of carbonyl (C=O) groups excluding carboxylic acids is 1. The molecule has 1 N–H and O–H groups in total. The van der Waals surface area contributed by atoms with Gasteiger partial charge in [-0.05, 0) is 11.5 Å². The highest BCUT2D eigenvalue weighted by Crippen LogP contribution is 2.17. The molecule has 0 saturated heterocycles. The van der Waals surface area contributed by atoms with Crippen molar-refractivity contribution in [2.75, 3.05) is 0 Å². The Morgan fingerprint density at radius 2 is 2.31 bits per heavy atom. The van der Waals surface area contributed by atoms with Crippen LogP contribution in [-0.2, 0) is 16.1 Å². The summed E-state index contributed by atoms with van der Waals surface area (Å²) < 4.78 is 4.70. The minimum Gasteiger partial charge on any atom is -0.463 e. The molecule has 0 aliphatic rings. The normalized spacial score (nSPS) is 10.2. The molecular formula is C10H9NO2. The Morgan fingerprint density at radius 1 is 1.38 bits per heavy atom. The van der Waals surface area contributed by atoms with Crippen molar-refractivity contribution in [3.05, 3.63) is 36.0 Å². The minimum atomic E-state index is 0.321. The summed E-state index contributed by atoms with van der Waals surface area (Å²) in [4.78, 5) is 13.1. The first-order chi connectivity index (χ1) is 6.42. The van der Waals surface area contributed by atoms with E-state index in [4.69, 9.17) is 4.74 Å². The summed E-state index contributed by atoms with van der Waals surface area (Å²) >= 11 is 0. The first kappa shape index (κ1) is 7.86. The van der Waals surface area contributed by atoms with Crippen LogP contribution < -0.4 is 0 Å². The summed E-state index contributed by atoms with van der Waals surface area (Å²) in [6.45, 7) is 0.781. The molecule has 3 nitrogen and oxygen atoms in total. The van der Waals surface area contributed by atoms with Crippen LogP contribution in [0.15, 0.2) is 30.5 Å². The lowest BCUT2D eigenvalue weighted by molar-refractivity contribution is -0.129. The molecule has 0 spiro atoms. The van der Waals surface area contributed by atoms with Crippen LogP contribution in [0.3, 0.4) is 0 Å². The maximum Gasteiger partial charge on any atom is 0.293 e. The number of fused-ring (bicyclic) bond motifs is 1. The van der Waals surface area contributed by atoms with Crippen molar-refractivity contribution in [1.82, 2.24) is 4.98 Å². The molecule has 2 aromatic rings. The van der Waals surface area contributed by atoms with Gasteiger partial charge in [0.2, 0.25) is 0 Å². The Morgan fingerprint density at radius 3 is 3.15 bits per heavy atom. The molecule has 0 bridgehead atoms. The van der Waals surface area contributed by atoms with E-state index in [1.54, 1.807) is 0 Å². The van der Waals surface area contributed by atoms with E-state index in [-0.39, 0.29) is 0 Å². The van der Waals surface area contributed by atoms with Crippen LogP contribution in [0, 0.1) is 0 Å². The van der Waals surface area contributed by atoms with Crippen molar-refractivity contribution in [2.45, 2.75) is 6.61 Å². The molecule has 0 aliphatic carbocycles. The maximum absolute atomic E-state index is 10.0. The average molecular weight is 175 g/mol. The van der Waals surface area contributed by atoms with Gasteiger partial charge >= 0.3 is 0 Å². The van der Waals surface area contributed by atoms with Crippen LogP contribution in [0.1, 0.15) is 5.56 Å². The van der Waals surface area contributed by atoms with Gasteiger partial charge in [-0.15, -0.1) is 0 Å². The van der Waals surface area contributed by atoms with Crippen molar-refractivity contribution < 1.29 is 9.53 Å². The second-order valence-corrected chi connectivity index (χ2v) is 2.77. The number of nitrogens with one attached hydrogen (secondary N) is 1. The lowest BCUT2D eigenvalue weighted by Gasteiger charge is -2.00. The third-order valence-corrected chi connectivity index (χ3v) is 1.98. The minimum absolute atomic E-state index is 0.321. The van der Waals surface area contributed by atoms with Crippen molar-refractivity contribution >= 4 is 17.4 Å². The van der Waals surface area contributed by atoms with Crippen LogP contribution in [0.5, 0.6) is 0 Å². The summed E-state index contributed by atoms with van der Waals surface area (Å²) in [5.41, 5.74) is 2.03. The van der Waals surface area contributed by atoms with Gasteiger partial charge in [0, 0.05) is 11.8 Å². The highest BCUT2D eigenvalue weighted by molar-refractivity contribution is 5.82. The SMILES string of the molecule is O=COCc1cccc2cc[nH]c12. The molecule has 0 unspecified atom stereocenters. The van der Waals surface area contributed by atoms with Gasteiger partial charge in [0.25, 0.3) is 6.47 Å². The Hall–Kier alpha value is -1.77. The van der Waals surface area contributed by atoms with Crippen LogP contribution in [0.25, 0.3) is 10.9 Å². The fourth-order valence-electron chi connectivity index (χ4n) is 1.39. The van der Waals surface area contributed by atoms with Crippen LogP contribution in [-0.4, -0.2) is 11.5 Å². The second kappa shape index (κ2) is 3.31. The number of ether oxygens (including phenoxy) is 1. The van der Waals surface area contributed by atoms with Gasteiger partial charge in [-0.1, -0.05) is 18.2 Å². The summed E-state index contributed by atoms with van der Waals surface area (Å²) in [5.74, 6) is 0. The monoisotopic (exact) mass is 175 g/mol. The number of hydrogen-bond acceptors (Lipinski definition) is 2. The highest BCUT2D eigenvalue weighted by atomic mass is 16.5. The Labute approximate surface area is 75.3 Å². The predicted molar refractivity (Wildman–Crippen MR) is 49.2 cm³/mol. The van der Waals surface area contributed by atoms with E-state index < -0.39 is 0 Å². The van der Waals surface area contributed by atoms with E-state index in [2.05, 4.69) is 4.98 Å². The average Bonchev–Trinajstić information content (AvgIpc) is 2.62. The van der Waals surface area contributed by atoms with Gasteiger partial charge in [-0.3, -0.25) is 4.79 Å². The number of carbonyl (C=O) groups is 1. The number of para-hydroxylation sites is 1. The maximum atomic E-state index is 10.0. The standard InChI is InChI=1S/C10H9NO2/c12-7-13-6-9-3-1-2-8-4-5-11-10(8)9/h1-5,7,11H,6H2. The first-order valence-corrected chi connectivity index (χ1v) is 4.02. The van der Waals surface area contributed by atoms with Gasteiger partial charge in [0.05, 0.1) is 5.52 Å². The fraction of sp³-hybridized carbons (Fsp3) is 0.100. The summed E-state index contributed by atoms with van der Waals surface area (Å²) in [7, 11) is 0. The summed E-state index contributed by atoms with van der Waals surface area (Å²) in [5, 5.41) is 1.13. The zero-order valence-electron chi connectivity index (χ0n) is 6.99. The molecular weight excluding hydrogens is 166 g/mol. The number of H-pyrrole nitrogens is 1. The molecule has 0 amide bonds. The Kier molecular flexibility index (Phi) is 2.00. The van der Waals surface area contributed by atoms with Gasteiger partial charge in [-0.25, -0.2) is 0 Å². The van der Waals surface area contributed by atoms with Crippen LogP contribution in [0.2, 0.25) is 0 Å². The molecule has 1 aromatic carbocycles. The smallest absolute Gasteiger partial charge is 0.293 e. The molecule has 0 saturated carbocycles. The third-order valence-electron chi connectivity index (χ3n) is 1.98. The van der Waals surface area contributed by atoms with Crippen molar-refractivity contribution in [3.8, 4) is 0 Å². The molecule has 66 valence electrons. The Bertz CT molecular complexity index is 420. The first-order valence-electron chi connectivity index (χ1n) is 4.02. The second-order valence-electron chi connectivity index (χ2n) is 2.77. The largest absolute Gasteiger partial charge is 0.463 e. The molecule has 0 fully saturated rings. The molecule has 1 aromatic heterocycles. The highest BCUT2D eigenvalue weighted by Gasteiger charge is 2.00. The lowest BCUT2D eigenvalue weighted by Crippen LogP contribution is -1.90. The van der Waals surface area contributed by atoms with Gasteiger partial charge < -0.3 is 9.72 Å². The van der Waals surface area contributed by atoms with Gasteiger partial charge in [-0.2, -0.15) is 0 Å². The fourth-order valence-corrected chi connectivity index (χ4v) is 1.39. The number of hydrogen-bond donors (Lipinski definition) is 1. The summed E-state index contributed by atoms with van der Waals surface area (Å²) in [6, 6.07) is 7.87. The van der Waals surface area contributed by atoms with E-state index in [9.17, 15) is 4.79 Å². The van der Waals surface area contributed by atoms with Crippen molar-refractivity contribution in [1.29, 1.82) is 0 Å². The molecule has 0 radical (unpaired) electrons. The third kappa shape index (κ3) is 1.40. The molecule has 13 heavy (non-hydrogen) atoms. The molecule has 0 atom stereocenters. The number of benzene rings is 1. The lowest BCUT2D eigenvalue weighted by atomic mass is 10.1. The summed E-state index contributed by atoms with van der Waals surface area (Å²) in [6.07, 6.45) is 1.87. The molecule has 0 aliphatic heterocycles. The Balaban J connectivity index is 2.42. The van der Waals surface area contributed by atoms with E-state index in [0.29, 0.717) is 13.1 Å². The number of aromatic nitrogens is 1. The molecule has 2 rings (SSSR count). The number of rotatable bonds is 3. The topological polar surface area (TPSA) is 42.1 Å². The molecule has 3 heteroatoms. The zero-order chi connectivity index (χ0) is 9.10. The predicted octanol–water partition coefficient (Wildman–Crippen LogP) is 1.84. The van der Waals surface area contributed by atoms with E-state index in [1.807, 2.05) is 30.5 Å². The van der Waals surface area contributed by atoms with E-state index >= 15 is 0 Å². The van der Waals surface area contributed by atoms with Gasteiger partial charge in [0.1, 0.15) is 6.61 Å². The van der Waals surface area contributed by atoms with Crippen molar-refractivity contribution in [2.24, 2.45) is 0 Å². The quantitative estimate of drug-likeness (QED) is 0.723. The van der Waals surface area contributed by atoms with E-state index in [0.717, 1.165) is 16.5 Å². The van der Waals surface area contributed by atoms with Crippen molar-refractivity contribution in [3.63, 3.8) is 0 Å². The van der Waals surface area contributed by atoms with E-state index in [1.165, 1.54) is 0 Å². The van der Waals surface area contributed by atoms with Crippen LogP contribution in [0.4, 0.5) is 0 Å². The number of aromatic amines is 1. The van der Waals surface area contributed by atoms with Crippen LogP contribution >= 0.6 is 0 Å². The van der Waals surface area contributed by atoms with Gasteiger partial charge in [0.15, 0.2) is 0 Å². The molecule has 1 heterocycles.